The average Bonchev–Trinajstić information content (AvgIpc) is 2.71. The summed E-state index contributed by atoms with van der Waals surface area (Å²) in [5.74, 6) is 0. The van der Waals surface area contributed by atoms with E-state index in [-0.39, 0.29) is 17.8 Å². The average molecular weight is 278 g/mol. The minimum absolute atomic E-state index is 0.0538. The molecule has 1 aromatic heterocycles. The number of hydrogen-bond donors (Lipinski definition) is 2. The summed E-state index contributed by atoms with van der Waals surface area (Å²) in [5.41, 5.74) is 6.83. The Morgan fingerprint density at radius 2 is 2.00 bits per heavy atom. The van der Waals surface area contributed by atoms with Gasteiger partial charge in [0.25, 0.3) is 0 Å². The Balaban J connectivity index is 2.40. The van der Waals surface area contributed by atoms with Crippen molar-refractivity contribution in [2.24, 2.45) is 5.73 Å². The normalized spacial score (nSPS) is 12.9. The Bertz CT molecular complexity index is 615. The highest BCUT2D eigenvalue weighted by atomic mass is 32.2. The predicted octanol–water partition coefficient (Wildman–Crippen LogP) is 2.32. The van der Waals surface area contributed by atoms with Gasteiger partial charge < -0.3 is 5.73 Å². The van der Waals surface area contributed by atoms with Gasteiger partial charge in [-0.2, -0.15) is 0 Å². The van der Waals surface area contributed by atoms with Crippen molar-refractivity contribution in [3.63, 3.8) is 0 Å². The van der Waals surface area contributed by atoms with Crippen LogP contribution in [0.2, 0.25) is 0 Å². The van der Waals surface area contributed by atoms with Crippen molar-refractivity contribution >= 4 is 11.8 Å². The molecule has 0 bridgehead atoms. The minimum Gasteiger partial charge on any atom is -0.324 e. The van der Waals surface area contributed by atoms with Crippen LogP contribution in [-0.2, 0) is 0 Å². The van der Waals surface area contributed by atoms with Gasteiger partial charge in [-0.25, -0.2) is 9.89 Å². The zero-order valence-electron chi connectivity index (χ0n) is 11.3. The van der Waals surface area contributed by atoms with Crippen LogP contribution in [0.3, 0.4) is 0 Å². The van der Waals surface area contributed by atoms with Gasteiger partial charge in [-0.05, 0) is 44.2 Å². The maximum atomic E-state index is 11.7. The molecule has 19 heavy (non-hydrogen) atoms. The zero-order valence-corrected chi connectivity index (χ0v) is 12.1. The van der Waals surface area contributed by atoms with E-state index in [1.807, 2.05) is 45.0 Å². The van der Waals surface area contributed by atoms with Gasteiger partial charge in [-0.15, -0.1) is 5.10 Å². The van der Waals surface area contributed by atoms with E-state index in [1.54, 1.807) is 4.57 Å². The monoisotopic (exact) mass is 278 g/mol. The van der Waals surface area contributed by atoms with E-state index in [0.29, 0.717) is 5.16 Å². The second-order valence-electron chi connectivity index (χ2n) is 4.70. The molecule has 0 fully saturated rings. The summed E-state index contributed by atoms with van der Waals surface area (Å²) >= 11 is 1.46. The fourth-order valence-electron chi connectivity index (χ4n) is 1.87. The number of nitrogens with two attached hydrogens (primary N) is 1. The highest BCUT2D eigenvalue weighted by molar-refractivity contribution is 7.99. The first-order chi connectivity index (χ1) is 9.00. The molecule has 102 valence electrons. The first kappa shape index (κ1) is 13.9. The molecule has 0 aliphatic rings. The Morgan fingerprint density at radius 1 is 1.32 bits per heavy atom. The lowest BCUT2D eigenvalue weighted by molar-refractivity contribution is 0.534. The molecule has 2 aromatic rings. The lowest BCUT2D eigenvalue weighted by Crippen LogP contribution is -2.19. The van der Waals surface area contributed by atoms with E-state index in [2.05, 4.69) is 10.2 Å². The fourth-order valence-corrected chi connectivity index (χ4v) is 3.06. The molecule has 1 aromatic carbocycles. The van der Waals surface area contributed by atoms with Gasteiger partial charge in [0.15, 0.2) is 5.16 Å². The molecule has 0 saturated carbocycles. The molecule has 0 unspecified atom stereocenters. The maximum absolute atomic E-state index is 11.7. The lowest BCUT2D eigenvalue weighted by atomic mass is 10.1. The molecule has 1 heterocycles. The van der Waals surface area contributed by atoms with E-state index in [4.69, 9.17) is 5.73 Å². The van der Waals surface area contributed by atoms with Crippen molar-refractivity contribution in [2.45, 2.75) is 42.9 Å². The van der Waals surface area contributed by atoms with Crippen LogP contribution in [0.15, 0.2) is 39.1 Å². The number of nitrogens with one attached hydrogen (secondary N) is 1. The number of H-pyrrole nitrogens is 1. The van der Waals surface area contributed by atoms with Crippen molar-refractivity contribution < 1.29 is 0 Å². The van der Waals surface area contributed by atoms with E-state index in [1.165, 1.54) is 11.8 Å². The lowest BCUT2D eigenvalue weighted by Gasteiger charge is -2.13. The standard InChI is InChI=1S/C13H18N4OS/c1-8(2)17-12(18)15-16-13(17)19-11-7-5-4-6-10(11)9(3)14/h4-9H,14H2,1-3H3,(H,15,18)/t9-/m1/s1. The third-order valence-electron chi connectivity index (χ3n) is 2.80. The van der Waals surface area contributed by atoms with Gasteiger partial charge >= 0.3 is 5.69 Å². The van der Waals surface area contributed by atoms with E-state index in [9.17, 15) is 4.79 Å². The molecule has 0 amide bonds. The number of nitrogens with zero attached hydrogens (tertiary/aromatic N) is 2. The van der Waals surface area contributed by atoms with Crippen LogP contribution in [0.25, 0.3) is 0 Å². The van der Waals surface area contributed by atoms with Gasteiger partial charge in [0.1, 0.15) is 0 Å². The maximum Gasteiger partial charge on any atom is 0.344 e. The third-order valence-corrected chi connectivity index (χ3v) is 3.86. The van der Waals surface area contributed by atoms with E-state index < -0.39 is 0 Å². The Kier molecular flexibility index (Phi) is 4.11. The van der Waals surface area contributed by atoms with E-state index >= 15 is 0 Å². The van der Waals surface area contributed by atoms with Crippen molar-refractivity contribution in [3.8, 4) is 0 Å². The number of aromatic amines is 1. The van der Waals surface area contributed by atoms with Gasteiger partial charge in [0, 0.05) is 17.0 Å². The molecule has 3 N–H and O–H groups in total. The smallest absolute Gasteiger partial charge is 0.324 e. The highest BCUT2D eigenvalue weighted by Crippen LogP contribution is 2.31. The molecule has 0 spiro atoms. The molecule has 6 heteroatoms. The number of rotatable bonds is 4. The van der Waals surface area contributed by atoms with Crippen LogP contribution >= 0.6 is 11.8 Å². The number of benzene rings is 1. The summed E-state index contributed by atoms with van der Waals surface area (Å²) in [4.78, 5) is 12.7. The third kappa shape index (κ3) is 2.90. The quantitative estimate of drug-likeness (QED) is 0.900. The highest BCUT2D eigenvalue weighted by Gasteiger charge is 2.15. The Morgan fingerprint density at radius 3 is 2.63 bits per heavy atom. The van der Waals surface area contributed by atoms with Gasteiger partial charge in [-0.3, -0.25) is 4.57 Å². The summed E-state index contributed by atoms with van der Waals surface area (Å²) in [6, 6.07) is 7.92. The molecular weight excluding hydrogens is 260 g/mol. The number of hydrogen-bond acceptors (Lipinski definition) is 4. The van der Waals surface area contributed by atoms with Crippen LogP contribution in [0, 0.1) is 0 Å². The zero-order chi connectivity index (χ0) is 14.0. The molecule has 0 saturated heterocycles. The van der Waals surface area contributed by atoms with Crippen molar-refractivity contribution in [3.05, 3.63) is 40.3 Å². The van der Waals surface area contributed by atoms with Crippen molar-refractivity contribution in [1.29, 1.82) is 0 Å². The van der Waals surface area contributed by atoms with Crippen LogP contribution in [0.5, 0.6) is 0 Å². The molecule has 2 rings (SSSR count). The van der Waals surface area contributed by atoms with Crippen LogP contribution < -0.4 is 11.4 Å². The molecular formula is C13H18N4OS. The molecule has 1 atom stereocenters. The second-order valence-corrected chi connectivity index (χ2v) is 5.71. The van der Waals surface area contributed by atoms with Crippen molar-refractivity contribution in [2.75, 3.05) is 0 Å². The second kappa shape index (κ2) is 5.63. The summed E-state index contributed by atoms with van der Waals surface area (Å²) in [5, 5.41) is 7.23. The summed E-state index contributed by atoms with van der Waals surface area (Å²) in [7, 11) is 0. The Hall–Kier alpha value is -1.53. The molecule has 5 nitrogen and oxygen atoms in total. The molecule has 0 radical (unpaired) electrons. The van der Waals surface area contributed by atoms with Crippen molar-refractivity contribution in [1.82, 2.24) is 14.8 Å². The van der Waals surface area contributed by atoms with Gasteiger partial charge in [0.2, 0.25) is 0 Å². The summed E-state index contributed by atoms with van der Waals surface area (Å²) < 4.78 is 1.64. The first-order valence-corrected chi connectivity index (χ1v) is 7.01. The van der Waals surface area contributed by atoms with Gasteiger partial charge in [0.05, 0.1) is 0 Å². The molecule has 0 aliphatic carbocycles. The fraction of sp³-hybridized carbons (Fsp3) is 0.385. The predicted molar refractivity (Wildman–Crippen MR) is 76.4 cm³/mol. The van der Waals surface area contributed by atoms with Crippen LogP contribution in [-0.4, -0.2) is 14.8 Å². The summed E-state index contributed by atoms with van der Waals surface area (Å²) in [6.45, 7) is 5.86. The molecule has 0 aliphatic heterocycles. The first-order valence-electron chi connectivity index (χ1n) is 6.20. The van der Waals surface area contributed by atoms with Crippen LogP contribution in [0.4, 0.5) is 0 Å². The van der Waals surface area contributed by atoms with Crippen LogP contribution in [0.1, 0.15) is 38.4 Å². The topological polar surface area (TPSA) is 76.7 Å². The largest absolute Gasteiger partial charge is 0.344 e. The SMILES string of the molecule is CC(C)n1c(Sc2ccccc2[C@@H](C)N)n[nH]c1=O. The minimum atomic E-state index is -0.184. The van der Waals surface area contributed by atoms with Gasteiger partial charge in [-0.1, -0.05) is 18.2 Å². The number of aromatic nitrogens is 3. The Labute approximate surface area is 116 Å². The summed E-state index contributed by atoms with van der Waals surface area (Å²) in [6.07, 6.45) is 0. The van der Waals surface area contributed by atoms with E-state index in [0.717, 1.165) is 10.5 Å².